The van der Waals surface area contributed by atoms with E-state index in [0.29, 0.717) is 56.0 Å². The van der Waals surface area contributed by atoms with Crippen molar-refractivity contribution in [1.29, 1.82) is 0 Å². The van der Waals surface area contributed by atoms with Crippen molar-refractivity contribution in [2.45, 2.75) is 167 Å². The van der Waals surface area contributed by atoms with Gasteiger partial charge in [0.2, 0.25) is 0 Å². The zero-order valence-electron chi connectivity index (χ0n) is 63.3. The van der Waals surface area contributed by atoms with E-state index in [1.54, 1.807) is 80.5 Å². The molecule has 2 amide bonds. The number of likely N-dealkylation sites (tertiary alicyclic amines) is 2. The number of aliphatic hydroxyl groups is 2. The van der Waals surface area contributed by atoms with E-state index in [0.717, 1.165) is 144 Å². The van der Waals surface area contributed by atoms with E-state index in [4.69, 9.17) is 48.3 Å². The fourth-order valence-electron chi connectivity index (χ4n) is 13.7. The van der Waals surface area contributed by atoms with Crippen molar-refractivity contribution in [2.24, 2.45) is 0 Å². The Labute approximate surface area is 641 Å². The molecular weight excluding hydrogens is 1400 g/mol. The first-order chi connectivity index (χ1) is 53.0. The number of carbonyl (C=O) groups is 6. The maximum atomic E-state index is 13.4. The molecule has 4 aromatic heterocycles. The molecule has 0 bridgehead atoms. The Kier molecular flexibility index (Phi) is 29.6. The van der Waals surface area contributed by atoms with Crippen LogP contribution in [0.25, 0.3) is 63.1 Å². The molecule has 4 atom stereocenters. The second-order valence-corrected chi connectivity index (χ2v) is 29.2. The topological polar surface area (TPSA) is 324 Å². The predicted octanol–water partition coefficient (Wildman–Crippen LogP) is 15.0. The minimum atomic E-state index is -0.985. The van der Waals surface area contributed by atoms with Crippen molar-refractivity contribution in [2.75, 3.05) is 52.4 Å². The summed E-state index contributed by atoms with van der Waals surface area (Å²) >= 11 is 0. The summed E-state index contributed by atoms with van der Waals surface area (Å²) in [5, 5.41) is 51.1. The Morgan fingerprint density at radius 3 is 1.43 bits per heavy atom. The maximum Gasteiger partial charge on any atom is 0.410 e. The first kappa shape index (κ1) is 81.6. The molecule has 4 saturated heterocycles. The van der Waals surface area contributed by atoms with Crippen molar-refractivity contribution in [3.63, 3.8) is 0 Å². The molecule has 6 fully saturated rings. The highest BCUT2D eigenvalue weighted by Crippen LogP contribution is 2.39. The number of aromatic nitrogens is 4. The first-order valence-electron chi connectivity index (χ1n) is 38.0. The number of aromatic carboxylic acids is 1. The summed E-state index contributed by atoms with van der Waals surface area (Å²) in [6.45, 7) is 14.4. The molecule has 2 aliphatic carbocycles. The van der Waals surface area contributed by atoms with Crippen LogP contribution < -0.4 is 20.1 Å². The number of phenolic OH excluding ortho intramolecular Hbond substituents is 1. The summed E-state index contributed by atoms with van der Waals surface area (Å²) in [7, 11) is 0. The predicted molar refractivity (Wildman–Crippen MR) is 422 cm³/mol. The Bertz CT molecular complexity index is 4550. The van der Waals surface area contributed by atoms with Crippen LogP contribution in [0.15, 0.2) is 173 Å². The van der Waals surface area contributed by atoms with Gasteiger partial charge >= 0.3 is 18.0 Å². The summed E-state index contributed by atoms with van der Waals surface area (Å²) in [5.74, 6) is 1.72. The molecule has 582 valence electrons. The van der Waals surface area contributed by atoms with E-state index in [1.165, 1.54) is 62.5 Å². The van der Waals surface area contributed by atoms with Gasteiger partial charge in [0.1, 0.15) is 59.2 Å². The first-order valence-corrected chi connectivity index (χ1v) is 38.0. The number of carboxylic acid groups (broad SMARTS) is 2. The number of hydrogen-bond donors (Lipinski definition) is 7. The van der Waals surface area contributed by atoms with Crippen LogP contribution in [0.2, 0.25) is 0 Å². The number of phenols is 1. The third kappa shape index (κ3) is 24.5. The Morgan fingerprint density at radius 1 is 0.518 bits per heavy atom. The van der Waals surface area contributed by atoms with Gasteiger partial charge in [-0.3, -0.25) is 14.4 Å². The van der Waals surface area contributed by atoms with Crippen molar-refractivity contribution in [1.82, 2.24) is 39.5 Å². The fourth-order valence-corrected chi connectivity index (χ4v) is 13.7. The van der Waals surface area contributed by atoms with Crippen LogP contribution >= 0.6 is 0 Å². The molecule has 4 aliphatic heterocycles. The van der Waals surface area contributed by atoms with Gasteiger partial charge in [0, 0.05) is 62.9 Å². The molecular formula is C86H102N8O16. The second-order valence-electron chi connectivity index (χ2n) is 29.2. The average Bonchev–Trinajstić information content (AvgIpc) is 1.62. The molecule has 9 aromatic rings. The Hall–Kier alpha value is -10.9. The van der Waals surface area contributed by atoms with Gasteiger partial charge in [0.25, 0.3) is 5.91 Å². The van der Waals surface area contributed by atoms with Crippen LogP contribution in [-0.2, 0) is 19.1 Å². The highest BCUT2D eigenvalue weighted by atomic mass is 16.6. The van der Waals surface area contributed by atoms with Gasteiger partial charge in [-0.05, 0) is 213 Å². The monoisotopic (exact) mass is 1500 g/mol. The summed E-state index contributed by atoms with van der Waals surface area (Å²) in [4.78, 5) is 81.2. The van der Waals surface area contributed by atoms with Crippen molar-refractivity contribution in [3.05, 3.63) is 192 Å². The molecule has 2 saturated carbocycles. The van der Waals surface area contributed by atoms with Crippen LogP contribution in [0.4, 0.5) is 4.79 Å². The lowest BCUT2D eigenvalue weighted by Gasteiger charge is -2.25. The van der Waals surface area contributed by atoms with Crippen LogP contribution in [-0.4, -0.2) is 172 Å². The number of fused-ring (bicyclic) bond motifs is 2. The number of amides is 2. The van der Waals surface area contributed by atoms with E-state index < -0.39 is 17.5 Å². The minimum absolute atomic E-state index is 0.0167. The Morgan fingerprint density at radius 2 is 1.00 bits per heavy atom. The highest BCUT2D eigenvalue weighted by Gasteiger charge is 2.32. The third-order valence-corrected chi connectivity index (χ3v) is 19.3. The summed E-state index contributed by atoms with van der Waals surface area (Å²) < 4.78 is 32.3. The molecule has 6 aliphatic rings. The number of ketones is 2. The number of imidazole rings is 2. The number of allylic oxidation sites excluding steroid dienone is 2. The average molecular weight is 1500 g/mol. The molecule has 0 unspecified atom stereocenters. The number of aliphatic hydroxyl groups excluding tert-OH is 2. The van der Waals surface area contributed by atoms with E-state index >= 15 is 0 Å². The van der Waals surface area contributed by atoms with E-state index in [9.17, 15) is 39.0 Å². The van der Waals surface area contributed by atoms with Crippen LogP contribution in [0.3, 0.4) is 0 Å². The largest absolute Gasteiger partial charge is 0.508 e. The number of ether oxygens (including phenoxy) is 3. The number of β-amino-alcohol motifs (C(OH)–C–C–N with tert-alkyl or cyclic N) is 2. The molecule has 24 nitrogen and oxygen atoms in total. The Balaban J connectivity index is 0.000000154. The zero-order chi connectivity index (χ0) is 78.1. The van der Waals surface area contributed by atoms with Crippen LogP contribution in [0, 0.1) is 0 Å². The molecule has 5 aromatic carbocycles. The standard InChI is InChI=1S/C31H31N3O5.C18H18N2O3.C14H17NO2.C10H10O2.C9H17NO3.C4H9NO/c35-29(36)13-8-21-6-10-25(11-7-21)39-26-14-16-33(19-26)31(37)22-9-12-28-27(18-22)32-30(23-15-17-38-20-23)34(28)24-4-2-1-3-5-24;21-18(22)12-6-7-16-15(10-12)19-17(13-8-9-23-11-13)20(16)14-4-2-1-3-5-14;1-11(16)2-3-12-4-6-13(7-5-12)17-14-8-9-15-10-14;1-8(11)2-3-9-4-6-10(12)7-5-9;1-9(2,3)13-8(12)10-5-4-7(11)6-10;6-4-1-2-5-3-4/h6-13,15,17-18,20,24,26H,1-5,14,16,19H2,(H,35,36);6-11,14H,1-5H2,(H,21,22);2-7,14-15H,8-10H2,1H3;2-7,12H,1H3;7,11H,4-6H2,1-3H3;4-6H,1-3H2/b13-8+;;2*3-2+;;/t26-;;14-;;7-;4-/m0.0.11/s1. The zero-order valence-corrected chi connectivity index (χ0v) is 63.3. The van der Waals surface area contributed by atoms with Gasteiger partial charge in [-0.1, -0.05) is 87.1 Å². The highest BCUT2D eigenvalue weighted by molar-refractivity contribution is 5.98. The van der Waals surface area contributed by atoms with E-state index in [1.807, 2.05) is 117 Å². The molecule has 110 heavy (non-hydrogen) atoms. The van der Waals surface area contributed by atoms with Gasteiger partial charge < -0.3 is 78.1 Å². The second kappa shape index (κ2) is 40.0. The van der Waals surface area contributed by atoms with Gasteiger partial charge in [-0.25, -0.2) is 24.4 Å². The van der Waals surface area contributed by atoms with Gasteiger partial charge in [0.15, 0.2) is 11.6 Å². The number of carboxylic acids is 2. The third-order valence-electron chi connectivity index (χ3n) is 19.3. The molecule has 15 rings (SSSR count). The van der Waals surface area contributed by atoms with Crippen molar-refractivity contribution in [3.8, 4) is 40.0 Å². The number of benzene rings is 5. The number of rotatable bonds is 16. The number of hydrogen-bond acceptors (Lipinski definition) is 18. The van der Waals surface area contributed by atoms with Gasteiger partial charge in [0.05, 0.1) is 70.0 Å². The van der Waals surface area contributed by atoms with E-state index in [-0.39, 0.29) is 59.3 Å². The van der Waals surface area contributed by atoms with Crippen LogP contribution in [0.1, 0.15) is 174 Å². The SMILES string of the molecule is CC(=O)/C=C/c1ccc(O)cc1.CC(=O)/C=C/c1ccc(O[C@H]2CCNC2)cc1.CC(C)(C)OC(=O)N1CC[C@@H](O)C1.O=C(O)/C=C/c1ccc(O[C@H]2CCN(C(=O)c3ccc4c(c3)nc(-c3ccoc3)n4C3CCCCC3)C2)cc1.O=C(O)c1ccc2c(c1)nc(-c1ccoc1)n2C1CCCCC1.O[C@@H]1CCNC1. The number of nitrogens with one attached hydrogen (secondary N) is 2. The quantitative estimate of drug-likeness (QED) is 0.0442. The fraction of sp³-hybridized carbons (Fsp3) is 0.395. The number of furan rings is 2. The molecule has 24 heteroatoms. The molecule has 8 heterocycles. The molecule has 0 spiro atoms. The number of carbonyl (C=O) groups excluding carboxylic acids is 4. The number of nitrogens with zero attached hydrogens (tertiary/aromatic N) is 6. The van der Waals surface area contributed by atoms with Gasteiger partial charge in [-0.15, -0.1) is 0 Å². The number of aliphatic carboxylic acids is 1. The van der Waals surface area contributed by atoms with Gasteiger partial charge in [-0.2, -0.15) is 0 Å². The minimum Gasteiger partial charge on any atom is -0.508 e. The molecule has 7 N–H and O–H groups in total. The number of aromatic hydroxyl groups is 1. The van der Waals surface area contributed by atoms with Crippen LogP contribution in [0.5, 0.6) is 17.2 Å². The summed E-state index contributed by atoms with van der Waals surface area (Å²) in [6.07, 6.45) is 30.7. The summed E-state index contributed by atoms with van der Waals surface area (Å²) in [5.41, 5.74) is 8.64. The van der Waals surface area contributed by atoms with Crippen molar-refractivity contribution < 1.29 is 77.3 Å². The lowest BCUT2D eigenvalue weighted by atomic mass is 9.95. The maximum absolute atomic E-state index is 13.4. The normalized spacial score (nSPS) is 18.6. The lowest BCUT2D eigenvalue weighted by Crippen LogP contribution is -2.35. The smallest absolute Gasteiger partial charge is 0.410 e. The van der Waals surface area contributed by atoms with E-state index in [2.05, 4.69) is 19.8 Å². The lowest BCUT2D eigenvalue weighted by molar-refractivity contribution is -0.131. The van der Waals surface area contributed by atoms with Crippen molar-refractivity contribution >= 4 is 75.8 Å². The summed E-state index contributed by atoms with van der Waals surface area (Å²) in [6, 6.07) is 37.4. The molecule has 0 radical (unpaired) electrons.